The molecule has 1 atom stereocenters. The van der Waals surface area contributed by atoms with Gasteiger partial charge in [-0.15, -0.1) is 0 Å². The molecule has 0 aliphatic rings. The highest BCUT2D eigenvalue weighted by molar-refractivity contribution is 6.30. The standard InChI is InChI=1S/C11H11ClFN3/c12-7-1-2-8(9(13)5-7)10(14)6-11-15-3-4-16-11/h1-5,10H,6,14H2,(H,15,16). The predicted molar refractivity (Wildman–Crippen MR) is 60.6 cm³/mol. The van der Waals surface area contributed by atoms with Gasteiger partial charge in [0.15, 0.2) is 0 Å². The average molecular weight is 240 g/mol. The van der Waals surface area contributed by atoms with Crippen LogP contribution in [0.2, 0.25) is 5.02 Å². The molecule has 1 unspecified atom stereocenters. The van der Waals surface area contributed by atoms with Gasteiger partial charge < -0.3 is 10.7 Å². The highest BCUT2D eigenvalue weighted by Gasteiger charge is 2.13. The van der Waals surface area contributed by atoms with Crippen molar-refractivity contribution in [3.8, 4) is 0 Å². The van der Waals surface area contributed by atoms with E-state index in [-0.39, 0.29) is 5.82 Å². The van der Waals surface area contributed by atoms with Crippen LogP contribution in [0.5, 0.6) is 0 Å². The molecule has 0 saturated carbocycles. The zero-order valence-corrected chi connectivity index (χ0v) is 9.21. The molecule has 2 aromatic rings. The van der Waals surface area contributed by atoms with Crippen LogP contribution >= 0.6 is 11.6 Å². The van der Waals surface area contributed by atoms with Crippen molar-refractivity contribution >= 4 is 11.6 Å². The Morgan fingerprint density at radius 3 is 2.94 bits per heavy atom. The van der Waals surface area contributed by atoms with Crippen LogP contribution in [-0.2, 0) is 6.42 Å². The molecule has 16 heavy (non-hydrogen) atoms. The van der Waals surface area contributed by atoms with Crippen molar-refractivity contribution in [3.63, 3.8) is 0 Å². The number of hydrogen-bond donors (Lipinski definition) is 2. The maximum atomic E-state index is 13.5. The van der Waals surface area contributed by atoms with Gasteiger partial charge in [-0.3, -0.25) is 0 Å². The summed E-state index contributed by atoms with van der Waals surface area (Å²) in [5.74, 6) is 0.355. The number of H-pyrrole nitrogens is 1. The number of nitrogens with zero attached hydrogens (tertiary/aromatic N) is 1. The van der Waals surface area contributed by atoms with Gasteiger partial charge in [0.25, 0.3) is 0 Å². The Morgan fingerprint density at radius 1 is 1.50 bits per heavy atom. The second kappa shape index (κ2) is 4.63. The first-order valence-electron chi connectivity index (χ1n) is 4.85. The molecular weight excluding hydrogens is 229 g/mol. The first-order chi connectivity index (χ1) is 7.66. The Kier molecular flexibility index (Phi) is 3.22. The lowest BCUT2D eigenvalue weighted by Crippen LogP contribution is -2.15. The quantitative estimate of drug-likeness (QED) is 0.865. The molecular formula is C11H11ClFN3. The summed E-state index contributed by atoms with van der Waals surface area (Å²) in [6, 6.07) is 4.06. The van der Waals surface area contributed by atoms with Crippen LogP contribution in [0.15, 0.2) is 30.6 Å². The largest absolute Gasteiger partial charge is 0.349 e. The van der Waals surface area contributed by atoms with Crippen molar-refractivity contribution in [1.29, 1.82) is 0 Å². The van der Waals surface area contributed by atoms with Gasteiger partial charge in [-0.05, 0) is 12.1 Å². The summed E-state index contributed by atoms with van der Waals surface area (Å²) in [6.07, 6.45) is 3.81. The molecule has 0 spiro atoms. The fourth-order valence-electron chi connectivity index (χ4n) is 1.53. The molecule has 84 valence electrons. The van der Waals surface area contributed by atoms with Gasteiger partial charge in [-0.25, -0.2) is 9.37 Å². The van der Waals surface area contributed by atoms with Gasteiger partial charge in [0, 0.05) is 35.4 Å². The van der Waals surface area contributed by atoms with E-state index in [2.05, 4.69) is 9.97 Å². The van der Waals surface area contributed by atoms with Gasteiger partial charge in [0.2, 0.25) is 0 Å². The second-order valence-electron chi connectivity index (χ2n) is 3.51. The topological polar surface area (TPSA) is 54.7 Å². The van der Waals surface area contributed by atoms with E-state index in [9.17, 15) is 4.39 Å². The summed E-state index contributed by atoms with van der Waals surface area (Å²) in [5, 5.41) is 0.367. The van der Waals surface area contributed by atoms with Crippen LogP contribution in [0, 0.1) is 5.82 Å². The van der Waals surface area contributed by atoms with Crippen molar-refractivity contribution in [1.82, 2.24) is 9.97 Å². The van der Waals surface area contributed by atoms with Gasteiger partial charge in [-0.1, -0.05) is 17.7 Å². The molecule has 5 heteroatoms. The van der Waals surface area contributed by atoms with E-state index in [1.165, 1.54) is 6.07 Å². The smallest absolute Gasteiger partial charge is 0.129 e. The third kappa shape index (κ3) is 2.40. The van der Waals surface area contributed by atoms with E-state index in [1.54, 1.807) is 24.5 Å². The Bertz CT molecular complexity index is 470. The molecule has 3 nitrogen and oxygen atoms in total. The normalized spacial score (nSPS) is 12.7. The number of imidazole rings is 1. The van der Waals surface area contributed by atoms with Crippen molar-refractivity contribution in [2.75, 3.05) is 0 Å². The van der Waals surface area contributed by atoms with Crippen LogP contribution in [0.25, 0.3) is 0 Å². The number of aromatic amines is 1. The third-order valence-electron chi connectivity index (χ3n) is 2.33. The molecule has 1 heterocycles. The second-order valence-corrected chi connectivity index (χ2v) is 3.95. The summed E-state index contributed by atoms with van der Waals surface area (Å²) in [6.45, 7) is 0. The monoisotopic (exact) mass is 239 g/mol. The molecule has 0 aliphatic carbocycles. The third-order valence-corrected chi connectivity index (χ3v) is 2.57. The van der Waals surface area contributed by atoms with E-state index in [0.717, 1.165) is 5.82 Å². The summed E-state index contributed by atoms with van der Waals surface area (Å²) < 4.78 is 13.5. The molecule has 0 radical (unpaired) electrons. The minimum atomic E-state index is -0.427. The zero-order chi connectivity index (χ0) is 11.5. The average Bonchev–Trinajstić information content (AvgIpc) is 2.70. The first-order valence-corrected chi connectivity index (χ1v) is 5.23. The predicted octanol–water partition coefficient (Wildman–Crippen LogP) is 2.44. The van der Waals surface area contributed by atoms with E-state index in [0.29, 0.717) is 17.0 Å². The van der Waals surface area contributed by atoms with Crippen LogP contribution in [0.1, 0.15) is 17.4 Å². The molecule has 0 saturated heterocycles. The molecule has 0 amide bonds. The Balaban J connectivity index is 2.17. The van der Waals surface area contributed by atoms with Gasteiger partial charge in [-0.2, -0.15) is 0 Å². The van der Waals surface area contributed by atoms with Gasteiger partial charge in [0.05, 0.1) is 0 Å². The molecule has 0 aliphatic heterocycles. The van der Waals surface area contributed by atoms with Gasteiger partial charge >= 0.3 is 0 Å². The van der Waals surface area contributed by atoms with Crippen LogP contribution in [0.4, 0.5) is 4.39 Å². The Labute approximate surface area is 97.5 Å². The fraction of sp³-hybridized carbons (Fsp3) is 0.182. The lowest BCUT2D eigenvalue weighted by Gasteiger charge is -2.11. The van der Waals surface area contributed by atoms with E-state index >= 15 is 0 Å². The number of nitrogens with one attached hydrogen (secondary N) is 1. The number of rotatable bonds is 3. The number of hydrogen-bond acceptors (Lipinski definition) is 2. The minimum Gasteiger partial charge on any atom is -0.349 e. The SMILES string of the molecule is NC(Cc1ncc[nH]1)c1ccc(Cl)cc1F. The maximum absolute atomic E-state index is 13.5. The minimum absolute atomic E-state index is 0.367. The van der Waals surface area contributed by atoms with Crippen molar-refractivity contribution in [2.24, 2.45) is 5.73 Å². The number of benzene rings is 1. The molecule has 3 N–H and O–H groups in total. The summed E-state index contributed by atoms with van der Waals surface area (Å²) in [7, 11) is 0. The lowest BCUT2D eigenvalue weighted by molar-refractivity contribution is 0.576. The first kappa shape index (κ1) is 11.1. The highest BCUT2D eigenvalue weighted by atomic mass is 35.5. The van der Waals surface area contributed by atoms with Crippen LogP contribution < -0.4 is 5.73 Å². The summed E-state index contributed by atoms with van der Waals surface area (Å²) in [4.78, 5) is 6.97. The Hall–Kier alpha value is -1.39. The van der Waals surface area contributed by atoms with E-state index < -0.39 is 6.04 Å². The van der Waals surface area contributed by atoms with Crippen molar-refractivity contribution < 1.29 is 4.39 Å². The van der Waals surface area contributed by atoms with Gasteiger partial charge in [0.1, 0.15) is 11.6 Å². The number of halogens is 2. The van der Waals surface area contributed by atoms with Crippen molar-refractivity contribution in [2.45, 2.75) is 12.5 Å². The van der Waals surface area contributed by atoms with Crippen LogP contribution in [0.3, 0.4) is 0 Å². The van der Waals surface area contributed by atoms with Crippen LogP contribution in [-0.4, -0.2) is 9.97 Å². The Morgan fingerprint density at radius 2 is 2.31 bits per heavy atom. The zero-order valence-electron chi connectivity index (χ0n) is 8.45. The summed E-state index contributed by atoms with van der Waals surface area (Å²) in [5.41, 5.74) is 6.34. The number of nitrogens with two attached hydrogens (primary N) is 1. The number of aromatic nitrogens is 2. The fourth-order valence-corrected chi connectivity index (χ4v) is 1.69. The molecule has 0 bridgehead atoms. The van der Waals surface area contributed by atoms with E-state index in [4.69, 9.17) is 17.3 Å². The molecule has 2 rings (SSSR count). The molecule has 0 fully saturated rings. The highest BCUT2D eigenvalue weighted by Crippen LogP contribution is 2.21. The van der Waals surface area contributed by atoms with Crippen molar-refractivity contribution in [3.05, 3.63) is 52.8 Å². The lowest BCUT2D eigenvalue weighted by atomic mass is 10.0. The maximum Gasteiger partial charge on any atom is 0.129 e. The molecule has 1 aromatic carbocycles. The summed E-state index contributed by atoms with van der Waals surface area (Å²) >= 11 is 5.67. The van der Waals surface area contributed by atoms with E-state index in [1.807, 2.05) is 0 Å². The molecule has 1 aromatic heterocycles.